The van der Waals surface area contributed by atoms with Gasteiger partial charge in [-0.25, -0.2) is 0 Å². The molecule has 19 heavy (non-hydrogen) atoms. The van der Waals surface area contributed by atoms with Gasteiger partial charge in [0.15, 0.2) is 0 Å². The van der Waals surface area contributed by atoms with Crippen molar-refractivity contribution in [3.05, 3.63) is 33.3 Å². The van der Waals surface area contributed by atoms with E-state index in [4.69, 9.17) is 11.6 Å². The summed E-state index contributed by atoms with van der Waals surface area (Å²) in [6.45, 7) is 2.22. The number of halogens is 1. The summed E-state index contributed by atoms with van der Waals surface area (Å²) >= 11 is 6.11. The van der Waals surface area contributed by atoms with E-state index in [1.54, 1.807) is 6.07 Å². The summed E-state index contributed by atoms with van der Waals surface area (Å²) in [6, 6.07) is 4.92. The number of hydrogen-bond acceptors (Lipinski definition) is 3. The van der Waals surface area contributed by atoms with E-state index in [1.807, 2.05) is 0 Å². The van der Waals surface area contributed by atoms with Crippen molar-refractivity contribution in [3.63, 3.8) is 0 Å². The molecule has 0 radical (unpaired) electrons. The molecular formula is C14H19ClN2O2. The highest BCUT2D eigenvalue weighted by Gasteiger charge is 2.21. The topological polar surface area (TPSA) is 55.2 Å². The van der Waals surface area contributed by atoms with Gasteiger partial charge in [0, 0.05) is 18.2 Å². The fraction of sp³-hybridized carbons (Fsp3) is 0.571. The molecule has 2 unspecified atom stereocenters. The molecule has 1 aliphatic carbocycles. The fourth-order valence-electron chi connectivity index (χ4n) is 2.75. The van der Waals surface area contributed by atoms with Crippen LogP contribution in [0.1, 0.15) is 39.0 Å². The van der Waals surface area contributed by atoms with Gasteiger partial charge >= 0.3 is 0 Å². The fourth-order valence-corrected chi connectivity index (χ4v) is 2.92. The van der Waals surface area contributed by atoms with Crippen LogP contribution in [-0.4, -0.2) is 11.0 Å². The number of nitrogens with one attached hydrogen (secondary N) is 1. The largest absolute Gasteiger partial charge is 0.381 e. The Balaban J connectivity index is 2.09. The minimum atomic E-state index is -0.392. The van der Waals surface area contributed by atoms with Crippen molar-refractivity contribution in [2.45, 2.75) is 45.1 Å². The van der Waals surface area contributed by atoms with Crippen molar-refractivity contribution in [3.8, 4) is 0 Å². The summed E-state index contributed by atoms with van der Waals surface area (Å²) in [6.07, 6.45) is 5.92. The zero-order chi connectivity index (χ0) is 13.8. The SMILES string of the molecule is CCC1CCCC(Nc2cc([N+](=O)[O-])ccc2Cl)C1. The first-order valence-electron chi connectivity index (χ1n) is 6.80. The second-order valence-corrected chi connectivity index (χ2v) is 5.61. The Morgan fingerprint density at radius 1 is 1.47 bits per heavy atom. The Kier molecular flexibility index (Phi) is 4.64. The van der Waals surface area contributed by atoms with Gasteiger partial charge in [0.05, 0.1) is 15.6 Å². The quantitative estimate of drug-likeness (QED) is 0.647. The molecule has 1 aliphatic rings. The number of non-ortho nitro benzene ring substituents is 1. The van der Waals surface area contributed by atoms with Crippen LogP contribution in [-0.2, 0) is 0 Å². The van der Waals surface area contributed by atoms with Gasteiger partial charge in [-0.05, 0) is 24.8 Å². The maximum Gasteiger partial charge on any atom is 0.271 e. The number of nitro groups is 1. The molecule has 0 heterocycles. The van der Waals surface area contributed by atoms with E-state index in [1.165, 1.54) is 31.4 Å². The molecule has 2 atom stereocenters. The third-order valence-electron chi connectivity index (χ3n) is 3.88. The van der Waals surface area contributed by atoms with Crippen LogP contribution in [0.5, 0.6) is 0 Å². The van der Waals surface area contributed by atoms with Gasteiger partial charge in [-0.15, -0.1) is 0 Å². The zero-order valence-electron chi connectivity index (χ0n) is 11.1. The lowest BCUT2D eigenvalue weighted by Gasteiger charge is -2.30. The first-order chi connectivity index (χ1) is 9.10. The standard InChI is InChI=1S/C14H19ClN2O2/c1-2-10-4-3-5-11(8-10)16-14-9-12(17(18)19)6-7-13(14)15/h6-7,9-11,16H,2-5,8H2,1H3. The third-order valence-corrected chi connectivity index (χ3v) is 4.21. The highest BCUT2D eigenvalue weighted by Crippen LogP contribution is 2.32. The van der Waals surface area contributed by atoms with Crippen molar-refractivity contribution < 1.29 is 4.92 Å². The minimum absolute atomic E-state index is 0.0785. The van der Waals surface area contributed by atoms with Gasteiger partial charge in [0.2, 0.25) is 0 Å². The second-order valence-electron chi connectivity index (χ2n) is 5.20. The van der Waals surface area contributed by atoms with Gasteiger partial charge in [-0.2, -0.15) is 0 Å². The van der Waals surface area contributed by atoms with E-state index >= 15 is 0 Å². The van der Waals surface area contributed by atoms with Crippen LogP contribution in [0, 0.1) is 16.0 Å². The number of nitro benzene ring substituents is 1. The molecule has 5 heteroatoms. The van der Waals surface area contributed by atoms with Gasteiger partial charge in [0.25, 0.3) is 5.69 Å². The molecule has 1 aromatic carbocycles. The van der Waals surface area contributed by atoms with Crippen LogP contribution >= 0.6 is 11.6 Å². The number of benzene rings is 1. The van der Waals surface area contributed by atoms with E-state index < -0.39 is 4.92 Å². The molecule has 0 amide bonds. The number of nitrogens with zero attached hydrogens (tertiary/aromatic N) is 1. The molecule has 1 fully saturated rings. The molecular weight excluding hydrogens is 264 g/mol. The number of rotatable bonds is 4. The summed E-state index contributed by atoms with van der Waals surface area (Å²) in [4.78, 5) is 10.4. The average molecular weight is 283 g/mol. The van der Waals surface area contributed by atoms with Crippen LogP contribution in [0.15, 0.2) is 18.2 Å². The molecule has 1 saturated carbocycles. The lowest BCUT2D eigenvalue weighted by atomic mass is 9.84. The molecule has 1 aromatic rings. The van der Waals surface area contributed by atoms with Crippen LogP contribution < -0.4 is 5.32 Å². The second kappa shape index (κ2) is 6.24. The molecule has 0 bridgehead atoms. The zero-order valence-corrected chi connectivity index (χ0v) is 11.8. The van der Waals surface area contributed by atoms with Gasteiger partial charge in [-0.1, -0.05) is 37.8 Å². The Hall–Kier alpha value is -1.29. The molecule has 2 rings (SSSR count). The lowest BCUT2D eigenvalue weighted by molar-refractivity contribution is -0.384. The van der Waals surface area contributed by atoms with E-state index in [0.29, 0.717) is 16.8 Å². The predicted octanol–water partition coefficient (Wildman–Crippen LogP) is 4.63. The van der Waals surface area contributed by atoms with Crippen molar-refractivity contribution in [2.24, 2.45) is 5.92 Å². The lowest BCUT2D eigenvalue weighted by Crippen LogP contribution is -2.27. The van der Waals surface area contributed by atoms with E-state index in [0.717, 1.165) is 18.8 Å². The summed E-state index contributed by atoms with van der Waals surface area (Å²) < 4.78 is 0. The molecule has 1 N–H and O–H groups in total. The van der Waals surface area contributed by atoms with Crippen LogP contribution in [0.2, 0.25) is 5.02 Å². The highest BCUT2D eigenvalue weighted by molar-refractivity contribution is 6.33. The van der Waals surface area contributed by atoms with Gasteiger partial charge < -0.3 is 5.32 Å². The molecule has 0 aromatic heterocycles. The Bertz CT molecular complexity index is 465. The normalized spacial score (nSPS) is 23.1. The first-order valence-corrected chi connectivity index (χ1v) is 7.18. The first kappa shape index (κ1) is 14.1. The Labute approximate surface area is 118 Å². The van der Waals surface area contributed by atoms with Crippen molar-refractivity contribution >= 4 is 23.0 Å². The van der Waals surface area contributed by atoms with Crippen LogP contribution in [0.4, 0.5) is 11.4 Å². The van der Waals surface area contributed by atoms with Gasteiger partial charge in [-0.3, -0.25) is 10.1 Å². The average Bonchev–Trinajstić information content (AvgIpc) is 2.41. The van der Waals surface area contributed by atoms with Crippen LogP contribution in [0.3, 0.4) is 0 Å². The van der Waals surface area contributed by atoms with Crippen molar-refractivity contribution in [1.29, 1.82) is 0 Å². The maximum atomic E-state index is 10.8. The smallest absolute Gasteiger partial charge is 0.271 e. The summed E-state index contributed by atoms with van der Waals surface area (Å²) in [7, 11) is 0. The maximum absolute atomic E-state index is 10.8. The molecule has 0 spiro atoms. The van der Waals surface area contributed by atoms with Crippen molar-refractivity contribution in [2.75, 3.05) is 5.32 Å². The third kappa shape index (κ3) is 3.60. The number of anilines is 1. The van der Waals surface area contributed by atoms with Crippen molar-refractivity contribution in [1.82, 2.24) is 0 Å². The van der Waals surface area contributed by atoms with Gasteiger partial charge in [0.1, 0.15) is 0 Å². The van der Waals surface area contributed by atoms with E-state index in [2.05, 4.69) is 12.2 Å². The molecule has 4 nitrogen and oxygen atoms in total. The summed E-state index contributed by atoms with van der Waals surface area (Å²) in [5.41, 5.74) is 0.757. The minimum Gasteiger partial charge on any atom is -0.381 e. The molecule has 104 valence electrons. The monoisotopic (exact) mass is 282 g/mol. The summed E-state index contributed by atoms with van der Waals surface area (Å²) in [5.74, 6) is 0.753. The Morgan fingerprint density at radius 2 is 2.26 bits per heavy atom. The van der Waals surface area contributed by atoms with Crippen LogP contribution in [0.25, 0.3) is 0 Å². The van der Waals surface area contributed by atoms with E-state index in [-0.39, 0.29) is 5.69 Å². The molecule has 0 saturated heterocycles. The van der Waals surface area contributed by atoms with E-state index in [9.17, 15) is 10.1 Å². The highest BCUT2D eigenvalue weighted by atomic mass is 35.5. The Morgan fingerprint density at radius 3 is 2.95 bits per heavy atom. The summed E-state index contributed by atoms with van der Waals surface area (Å²) in [5, 5.41) is 14.7. The molecule has 0 aliphatic heterocycles. The number of hydrogen-bond donors (Lipinski definition) is 1. The predicted molar refractivity (Wildman–Crippen MR) is 77.8 cm³/mol.